The van der Waals surface area contributed by atoms with E-state index in [1.54, 1.807) is 13.0 Å². The highest BCUT2D eigenvalue weighted by molar-refractivity contribution is 5.93. The first-order valence-corrected chi connectivity index (χ1v) is 8.63. The van der Waals surface area contributed by atoms with Gasteiger partial charge in [-0.05, 0) is 31.8 Å². The third kappa shape index (κ3) is 2.20. The van der Waals surface area contributed by atoms with Gasteiger partial charge in [-0.15, -0.1) is 0 Å². The van der Waals surface area contributed by atoms with Crippen LogP contribution in [0.4, 0.5) is 0 Å². The second-order valence-corrected chi connectivity index (χ2v) is 7.88. The first-order valence-electron chi connectivity index (χ1n) is 8.63. The van der Waals surface area contributed by atoms with Crippen molar-refractivity contribution in [1.82, 2.24) is 0 Å². The van der Waals surface area contributed by atoms with Gasteiger partial charge in [0.05, 0.1) is 17.8 Å². The van der Waals surface area contributed by atoms with Crippen LogP contribution in [0.3, 0.4) is 0 Å². The van der Waals surface area contributed by atoms with Crippen molar-refractivity contribution in [1.29, 1.82) is 0 Å². The summed E-state index contributed by atoms with van der Waals surface area (Å²) >= 11 is 0. The number of hydrogen-bond donors (Lipinski definition) is 1. The van der Waals surface area contributed by atoms with Gasteiger partial charge in [0.1, 0.15) is 11.7 Å². The fourth-order valence-electron chi connectivity index (χ4n) is 4.45. The highest BCUT2D eigenvalue weighted by Gasteiger charge is 2.64. The largest absolute Gasteiger partial charge is 0.458 e. The molecule has 0 aromatic rings. The number of esters is 2. The lowest BCUT2D eigenvalue weighted by Crippen LogP contribution is -2.55. The monoisotopic (exact) mass is 346 g/mol. The molecule has 4 rings (SSSR count). The maximum absolute atomic E-state index is 12.3. The highest BCUT2D eigenvalue weighted by atomic mass is 16.7. The summed E-state index contributed by atoms with van der Waals surface area (Å²) in [6.45, 7) is 5.67. The quantitative estimate of drug-likeness (QED) is 0.357. The minimum atomic E-state index is -1.14. The molecule has 0 spiro atoms. The van der Waals surface area contributed by atoms with Crippen molar-refractivity contribution in [2.75, 3.05) is 0 Å². The maximum atomic E-state index is 12.3. The molecule has 0 amide bonds. The summed E-state index contributed by atoms with van der Waals surface area (Å²) in [5, 5.41) is 11.4. The van der Waals surface area contributed by atoms with Crippen LogP contribution in [0.25, 0.3) is 0 Å². The van der Waals surface area contributed by atoms with Crippen molar-refractivity contribution in [3.8, 4) is 0 Å². The normalized spacial score (nSPS) is 40.2. The van der Waals surface area contributed by atoms with Crippen LogP contribution in [0.2, 0.25) is 0 Å². The van der Waals surface area contributed by atoms with Crippen LogP contribution in [-0.2, 0) is 23.8 Å². The molecular formula is C19H22O6. The molecular weight excluding hydrogens is 324 g/mol. The van der Waals surface area contributed by atoms with Crippen molar-refractivity contribution in [2.24, 2.45) is 11.3 Å². The average molecular weight is 346 g/mol. The van der Waals surface area contributed by atoms with Crippen molar-refractivity contribution in [3.63, 3.8) is 0 Å². The molecule has 0 aromatic heterocycles. The number of hydrogen-bond acceptors (Lipinski definition) is 6. The SMILES string of the molecule is CC1=C[C@H](O/C=C2/C(=O)O[C@@H]3[C@H]2C=C2CCCC(C)(C)[C@@]23O)OC1=O. The fourth-order valence-corrected chi connectivity index (χ4v) is 4.45. The molecule has 0 unspecified atom stereocenters. The molecule has 4 aliphatic rings. The van der Waals surface area contributed by atoms with Gasteiger partial charge in [0.25, 0.3) is 6.29 Å². The fraction of sp³-hybridized carbons (Fsp3) is 0.579. The molecule has 2 aliphatic carbocycles. The number of rotatable bonds is 2. The van der Waals surface area contributed by atoms with Crippen LogP contribution in [0, 0.1) is 11.3 Å². The molecule has 134 valence electrons. The van der Waals surface area contributed by atoms with Gasteiger partial charge in [-0.2, -0.15) is 0 Å². The maximum Gasteiger partial charge on any atom is 0.338 e. The lowest BCUT2D eigenvalue weighted by Gasteiger charge is -2.48. The molecule has 0 aromatic carbocycles. The van der Waals surface area contributed by atoms with Gasteiger partial charge < -0.3 is 19.3 Å². The summed E-state index contributed by atoms with van der Waals surface area (Å²) in [5.41, 5.74) is 0.261. The summed E-state index contributed by atoms with van der Waals surface area (Å²) in [6.07, 6.45) is 6.05. The zero-order valence-electron chi connectivity index (χ0n) is 14.6. The molecule has 2 aliphatic heterocycles. The van der Waals surface area contributed by atoms with Gasteiger partial charge in [-0.3, -0.25) is 0 Å². The molecule has 6 heteroatoms. The minimum Gasteiger partial charge on any atom is -0.458 e. The summed E-state index contributed by atoms with van der Waals surface area (Å²) in [7, 11) is 0. The number of fused-ring (bicyclic) bond motifs is 3. The van der Waals surface area contributed by atoms with Crippen LogP contribution in [0.1, 0.15) is 40.0 Å². The van der Waals surface area contributed by atoms with Gasteiger partial charge >= 0.3 is 11.9 Å². The van der Waals surface area contributed by atoms with E-state index in [0.717, 1.165) is 24.8 Å². The Hall–Kier alpha value is -2.08. The smallest absolute Gasteiger partial charge is 0.338 e. The Kier molecular flexibility index (Phi) is 3.41. The molecule has 0 bridgehead atoms. The number of ether oxygens (including phenoxy) is 3. The number of carbonyl (C=O) groups excluding carboxylic acids is 2. The second kappa shape index (κ2) is 5.21. The molecule has 25 heavy (non-hydrogen) atoms. The number of carbonyl (C=O) groups is 2. The molecule has 2 heterocycles. The van der Waals surface area contributed by atoms with Gasteiger partial charge in [0.15, 0.2) is 0 Å². The lowest BCUT2D eigenvalue weighted by molar-refractivity contribution is -0.164. The van der Waals surface area contributed by atoms with E-state index in [4.69, 9.17) is 14.2 Å². The molecule has 6 nitrogen and oxygen atoms in total. The van der Waals surface area contributed by atoms with Crippen LogP contribution in [0.15, 0.2) is 35.1 Å². The standard InChI is InChI=1S/C19H22O6/c1-10-7-14(24-16(10)20)23-9-13-12-8-11-5-4-6-18(2,3)19(11,22)15(12)25-17(13)21/h7-9,12,14-15,22H,4-6H2,1-3H3/b13-9+/t12-,14+,15+,19+/m0/s1. The Morgan fingerprint density at radius 3 is 2.68 bits per heavy atom. The van der Waals surface area contributed by atoms with E-state index >= 15 is 0 Å². The average Bonchev–Trinajstić information content (AvgIpc) is 3.11. The summed E-state index contributed by atoms with van der Waals surface area (Å²) in [4.78, 5) is 23.7. The van der Waals surface area contributed by atoms with E-state index < -0.39 is 29.9 Å². The third-order valence-corrected chi connectivity index (χ3v) is 5.98. The van der Waals surface area contributed by atoms with Crippen molar-refractivity contribution in [2.45, 2.75) is 58.0 Å². The van der Waals surface area contributed by atoms with Crippen LogP contribution >= 0.6 is 0 Å². The van der Waals surface area contributed by atoms with Gasteiger partial charge in [-0.1, -0.05) is 19.9 Å². The first kappa shape index (κ1) is 16.4. The van der Waals surface area contributed by atoms with Gasteiger partial charge in [0.2, 0.25) is 0 Å². The Morgan fingerprint density at radius 2 is 2.00 bits per heavy atom. The van der Waals surface area contributed by atoms with E-state index in [-0.39, 0.29) is 11.3 Å². The van der Waals surface area contributed by atoms with Crippen molar-refractivity contribution >= 4 is 11.9 Å². The van der Waals surface area contributed by atoms with E-state index in [1.165, 1.54) is 6.26 Å². The molecule has 4 atom stereocenters. The second-order valence-electron chi connectivity index (χ2n) is 7.88. The van der Waals surface area contributed by atoms with E-state index in [0.29, 0.717) is 11.1 Å². The molecule has 1 saturated carbocycles. The molecule has 1 N–H and O–H groups in total. The predicted molar refractivity (Wildman–Crippen MR) is 86.8 cm³/mol. The van der Waals surface area contributed by atoms with Crippen LogP contribution < -0.4 is 0 Å². The Balaban J connectivity index is 1.61. The predicted octanol–water partition coefficient (Wildman–Crippen LogP) is 2.14. The Bertz CT molecular complexity index is 743. The molecule has 0 radical (unpaired) electrons. The topological polar surface area (TPSA) is 82.1 Å². The van der Waals surface area contributed by atoms with Crippen molar-refractivity contribution in [3.05, 3.63) is 35.1 Å². The zero-order chi connectivity index (χ0) is 18.0. The summed E-state index contributed by atoms with van der Waals surface area (Å²) in [6, 6.07) is 0. The summed E-state index contributed by atoms with van der Waals surface area (Å²) < 4.78 is 16.0. The molecule has 2 fully saturated rings. The van der Waals surface area contributed by atoms with E-state index in [9.17, 15) is 14.7 Å². The summed E-state index contributed by atoms with van der Waals surface area (Å²) in [5.74, 6) is -1.27. The van der Waals surface area contributed by atoms with Crippen LogP contribution in [0.5, 0.6) is 0 Å². The highest BCUT2D eigenvalue weighted by Crippen LogP contribution is 2.57. The molecule has 1 saturated heterocycles. The minimum absolute atomic E-state index is 0.341. The zero-order valence-corrected chi connectivity index (χ0v) is 14.6. The third-order valence-electron chi connectivity index (χ3n) is 5.98. The number of cyclic esters (lactones) is 1. The lowest BCUT2D eigenvalue weighted by atomic mass is 9.62. The Labute approximate surface area is 146 Å². The van der Waals surface area contributed by atoms with E-state index in [2.05, 4.69) is 0 Å². The van der Waals surface area contributed by atoms with Crippen LogP contribution in [-0.4, -0.2) is 35.0 Å². The van der Waals surface area contributed by atoms with Gasteiger partial charge in [-0.25, -0.2) is 9.59 Å². The van der Waals surface area contributed by atoms with Gasteiger partial charge in [0, 0.05) is 17.1 Å². The van der Waals surface area contributed by atoms with Crippen molar-refractivity contribution < 1.29 is 28.9 Å². The number of aliphatic hydroxyl groups is 1. The van der Waals surface area contributed by atoms with E-state index in [1.807, 2.05) is 19.9 Å². The Morgan fingerprint density at radius 1 is 1.24 bits per heavy atom. The first-order chi connectivity index (χ1) is 11.7.